The molecule has 0 saturated heterocycles. The molecule has 16 heavy (non-hydrogen) atoms. The van der Waals surface area contributed by atoms with Crippen LogP contribution in [0.1, 0.15) is 13.8 Å². The highest BCUT2D eigenvalue weighted by atomic mass is 32.2. The van der Waals surface area contributed by atoms with Crippen LogP contribution in [-0.4, -0.2) is 28.3 Å². The van der Waals surface area contributed by atoms with Crippen LogP contribution in [0.3, 0.4) is 0 Å². The molecule has 1 aromatic rings. The van der Waals surface area contributed by atoms with E-state index >= 15 is 0 Å². The van der Waals surface area contributed by atoms with Crippen molar-refractivity contribution in [2.24, 2.45) is 0 Å². The average molecular weight is 261 g/mol. The van der Waals surface area contributed by atoms with Gasteiger partial charge in [-0.05, 0) is 6.07 Å². The summed E-state index contributed by atoms with van der Waals surface area (Å²) in [6.45, 7) is 2.95. The highest BCUT2D eigenvalue weighted by Gasteiger charge is 2.23. The van der Waals surface area contributed by atoms with E-state index in [4.69, 9.17) is 0 Å². The topological polar surface area (TPSA) is 68.3 Å². The molecule has 0 spiro atoms. The highest BCUT2D eigenvalue weighted by Crippen LogP contribution is 2.22. The summed E-state index contributed by atoms with van der Waals surface area (Å²) in [7, 11) is -7.09. The summed E-state index contributed by atoms with van der Waals surface area (Å²) in [5.74, 6) is -0.267. The van der Waals surface area contributed by atoms with Crippen molar-refractivity contribution in [1.29, 1.82) is 0 Å². The van der Waals surface area contributed by atoms with Crippen LogP contribution >= 0.6 is 0 Å². The van der Waals surface area contributed by atoms with Gasteiger partial charge in [-0.2, -0.15) is 0 Å². The Morgan fingerprint density at radius 3 is 2.12 bits per heavy atom. The lowest BCUT2D eigenvalue weighted by Gasteiger charge is -2.07. The largest absolute Gasteiger partial charge is 0.224 e. The van der Waals surface area contributed by atoms with Crippen LogP contribution in [-0.2, 0) is 19.7 Å². The van der Waals surface area contributed by atoms with Gasteiger partial charge in [-0.25, -0.2) is 16.8 Å². The number of rotatable bonds is 4. The Labute approximate surface area is 96.1 Å². The Morgan fingerprint density at radius 2 is 1.62 bits per heavy atom. The predicted molar refractivity (Wildman–Crippen MR) is 60.7 cm³/mol. The van der Waals surface area contributed by atoms with Gasteiger partial charge in [-0.3, -0.25) is 0 Å². The minimum absolute atomic E-state index is 0.128. The van der Waals surface area contributed by atoms with Gasteiger partial charge in [0.1, 0.15) is 0 Å². The van der Waals surface area contributed by atoms with Crippen LogP contribution in [0, 0.1) is 6.07 Å². The minimum Gasteiger partial charge on any atom is -0.224 e. The monoisotopic (exact) mass is 261 g/mol. The molecule has 0 N–H and O–H groups in total. The molecule has 0 atom stereocenters. The second kappa shape index (κ2) is 4.55. The van der Waals surface area contributed by atoms with Gasteiger partial charge in [0.05, 0.1) is 21.3 Å². The maximum Gasteiger partial charge on any atom is 0.180 e. The van der Waals surface area contributed by atoms with Crippen molar-refractivity contribution in [3.63, 3.8) is 0 Å². The lowest BCUT2D eigenvalue weighted by molar-refractivity contribution is 0.583. The van der Waals surface area contributed by atoms with Gasteiger partial charge in [0, 0.05) is 6.07 Å². The van der Waals surface area contributed by atoms with Crippen LogP contribution in [0.15, 0.2) is 28.0 Å². The second-order valence-corrected chi connectivity index (χ2v) is 7.63. The molecule has 0 aromatic heterocycles. The Morgan fingerprint density at radius 1 is 1.06 bits per heavy atom. The van der Waals surface area contributed by atoms with E-state index in [9.17, 15) is 16.8 Å². The first-order valence-electron chi connectivity index (χ1n) is 4.81. The van der Waals surface area contributed by atoms with Crippen LogP contribution in [0.4, 0.5) is 0 Å². The molecule has 1 aromatic carbocycles. The fourth-order valence-corrected chi connectivity index (χ4v) is 3.80. The maximum absolute atomic E-state index is 11.7. The van der Waals surface area contributed by atoms with Crippen molar-refractivity contribution in [2.75, 3.05) is 11.5 Å². The molecule has 0 heterocycles. The quantitative estimate of drug-likeness (QED) is 0.813. The van der Waals surface area contributed by atoms with E-state index < -0.39 is 19.7 Å². The van der Waals surface area contributed by atoms with E-state index in [1.807, 2.05) is 0 Å². The Bertz CT molecular complexity index is 518. The van der Waals surface area contributed by atoms with E-state index in [1.54, 1.807) is 0 Å². The molecule has 4 nitrogen and oxygen atoms in total. The van der Waals surface area contributed by atoms with E-state index in [-0.39, 0.29) is 21.3 Å². The molecule has 0 unspecified atom stereocenters. The third-order valence-electron chi connectivity index (χ3n) is 2.19. The summed E-state index contributed by atoms with van der Waals surface area (Å²) in [4.78, 5) is -0.376. The smallest absolute Gasteiger partial charge is 0.180 e. The standard InChI is InChI=1S/C10H13O4S2/c1-3-15(11,12)9-7-5-6-8-10(9)16(13,14)4-2/h5-7H,3-4H2,1-2H3. The zero-order valence-electron chi connectivity index (χ0n) is 9.10. The molecule has 6 heteroatoms. The summed E-state index contributed by atoms with van der Waals surface area (Å²) in [6.07, 6.45) is 0. The number of hydrogen-bond acceptors (Lipinski definition) is 4. The van der Waals surface area contributed by atoms with E-state index in [1.165, 1.54) is 32.0 Å². The first kappa shape index (κ1) is 13.2. The van der Waals surface area contributed by atoms with Gasteiger partial charge in [0.2, 0.25) is 0 Å². The molecule has 1 radical (unpaired) electrons. The van der Waals surface area contributed by atoms with Crippen molar-refractivity contribution in [1.82, 2.24) is 0 Å². The van der Waals surface area contributed by atoms with E-state index in [0.717, 1.165) is 0 Å². The Hall–Kier alpha value is -0.880. The summed E-state index contributed by atoms with van der Waals surface area (Å²) in [6, 6.07) is 6.67. The van der Waals surface area contributed by atoms with Gasteiger partial charge >= 0.3 is 0 Å². The van der Waals surface area contributed by atoms with Crippen molar-refractivity contribution in [2.45, 2.75) is 23.6 Å². The molecule has 89 valence electrons. The second-order valence-electron chi connectivity index (χ2n) is 3.17. The predicted octanol–water partition coefficient (Wildman–Crippen LogP) is 1.07. The third-order valence-corrected chi connectivity index (χ3v) is 5.81. The van der Waals surface area contributed by atoms with Gasteiger partial charge in [-0.1, -0.05) is 26.0 Å². The summed E-state index contributed by atoms with van der Waals surface area (Å²) >= 11 is 0. The third kappa shape index (κ3) is 2.44. The molecule has 0 aliphatic rings. The number of benzene rings is 1. The van der Waals surface area contributed by atoms with Gasteiger partial charge in [-0.15, -0.1) is 0 Å². The van der Waals surface area contributed by atoms with Gasteiger partial charge < -0.3 is 0 Å². The van der Waals surface area contributed by atoms with Crippen LogP contribution < -0.4 is 0 Å². The van der Waals surface area contributed by atoms with Crippen molar-refractivity contribution >= 4 is 19.7 Å². The Kier molecular flexibility index (Phi) is 3.75. The minimum atomic E-state index is -3.56. The Balaban J connectivity index is 3.57. The molecular formula is C10H13O4S2. The zero-order chi connectivity index (χ0) is 12.4. The van der Waals surface area contributed by atoms with Crippen LogP contribution in [0.25, 0.3) is 0 Å². The lowest BCUT2D eigenvalue weighted by Crippen LogP contribution is -2.12. The van der Waals surface area contributed by atoms with Gasteiger partial charge in [0.25, 0.3) is 0 Å². The van der Waals surface area contributed by atoms with Crippen LogP contribution in [0.2, 0.25) is 0 Å². The van der Waals surface area contributed by atoms with Crippen molar-refractivity contribution in [3.8, 4) is 0 Å². The molecule has 0 amide bonds. The number of sulfone groups is 2. The molecule has 0 aliphatic carbocycles. The fraction of sp³-hybridized carbons (Fsp3) is 0.400. The normalized spacial score (nSPS) is 12.6. The molecule has 1 rings (SSSR count). The molecule has 0 aliphatic heterocycles. The first-order chi connectivity index (χ1) is 7.35. The average Bonchev–Trinajstić information content (AvgIpc) is 2.29. The van der Waals surface area contributed by atoms with E-state index in [0.29, 0.717) is 0 Å². The van der Waals surface area contributed by atoms with E-state index in [2.05, 4.69) is 6.07 Å². The molecule has 0 saturated carbocycles. The number of hydrogen-bond donors (Lipinski definition) is 0. The van der Waals surface area contributed by atoms with Crippen molar-refractivity contribution in [3.05, 3.63) is 24.3 Å². The van der Waals surface area contributed by atoms with Crippen molar-refractivity contribution < 1.29 is 16.8 Å². The SMILES string of the molecule is CCS(=O)(=O)c1[c]cccc1S(=O)(=O)CC. The molecular weight excluding hydrogens is 248 g/mol. The summed E-state index contributed by atoms with van der Waals surface area (Å²) in [5, 5.41) is 0. The fourth-order valence-electron chi connectivity index (χ4n) is 1.19. The highest BCUT2D eigenvalue weighted by molar-refractivity contribution is 7.94. The van der Waals surface area contributed by atoms with Crippen LogP contribution in [0.5, 0.6) is 0 Å². The first-order valence-corrected chi connectivity index (χ1v) is 8.12. The lowest BCUT2D eigenvalue weighted by atomic mass is 10.4. The van der Waals surface area contributed by atoms with Gasteiger partial charge in [0.15, 0.2) is 19.7 Å². The summed E-state index contributed by atoms with van der Waals surface area (Å²) in [5.41, 5.74) is 0. The maximum atomic E-state index is 11.7. The summed E-state index contributed by atoms with van der Waals surface area (Å²) < 4.78 is 46.8. The molecule has 0 fully saturated rings. The molecule has 0 bridgehead atoms. The zero-order valence-corrected chi connectivity index (χ0v) is 10.7.